The van der Waals surface area contributed by atoms with Crippen LogP contribution in [0.2, 0.25) is 0 Å². The van der Waals surface area contributed by atoms with E-state index in [-0.39, 0.29) is 36.1 Å². The number of rotatable bonds is 9. The monoisotopic (exact) mass is 408 g/mol. The Labute approximate surface area is 163 Å². The van der Waals surface area contributed by atoms with Gasteiger partial charge in [-0.15, -0.1) is 0 Å². The molecule has 0 unspecified atom stereocenters. The number of benzene rings is 1. The number of nitrogens with zero attached hydrogens (tertiary/aromatic N) is 1. The molecule has 1 aromatic carbocycles. The van der Waals surface area contributed by atoms with Crippen LogP contribution in [0.15, 0.2) is 35.4 Å². The quantitative estimate of drug-likeness (QED) is 0.544. The molecular formula is C18H24N4O5S. The van der Waals surface area contributed by atoms with Gasteiger partial charge in [-0.1, -0.05) is 26.0 Å². The number of nitrogens with one attached hydrogen (secondary N) is 3. The number of hydrogen-bond donors (Lipinski definition) is 3. The van der Waals surface area contributed by atoms with Crippen molar-refractivity contribution in [3.63, 3.8) is 0 Å². The zero-order valence-corrected chi connectivity index (χ0v) is 16.8. The van der Waals surface area contributed by atoms with Crippen molar-refractivity contribution in [2.45, 2.75) is 38.0 Å². The first-order valence-corrected chi connectivity index (χ1v) is 10.3. The molecule has 28 heavy (non-hydrogen) atoms. The van der Waals surface area contributed by atoms with Gasteiger partial charge in [0.2, 0.25) is 21.9 Å². The van der Waals surface area contributed by atoms with Crippen molar-refractivity contribution in [2.24, 2.45) is 0 Å². The van der Waals surface area contributed by atoms with Crippen molar-refractivity contribution in [2.75, 3.05) is 18.5 Å². The number of amides is 1. The van der Waals surface area contributed by atoms with E-state index in [9.17, 15) is 18.0 Å². The molecule has 0 spiro atoms. The molecule has 1 aromatic heterocycles. The van der Waals surface area contributed by atoms with Gasteiger partial charge in [-0.2, -0.15) is 0 Å². The van der Waals surface area contributed by atoms with E-state index in [2.05, 4.69) is 20.0 Å². The van der Waals surface area contributed by atoms with Crippen LogP contribution in [0.1, 0.15) is 49.2 Å². The highest BCUT2D eigenvalue weighted by atomic mass is 32.2. The van der Waals surface area contributed by atoms with Gasteiger partial charge >= 0.3 is 5.97 Å². The largest absolute Gasteiger partial charge is 0.461 e. The molecule has 2 aromatic rings. The van der Waals surface area contributed by atoms with Gasteiger partial charge in [0.15, 0.2) is 0 Å². The highest BCUT2D eigenvalue weighted by molar-refractivity contribution is 7.89. The van der Waals surface area contributed by atoms with E-state index >= 15 is 0 Å². The van der Waals surface area contributed by atoms with Crippen molar-refractivity contribution in [1.29, 1.82) is 0 Å². The average molecular weight is 408 g/mol. The molecule has 1 heterocycles. The van der Waals surface area contributed by atoms with E-state index in [1.165, 1.54) is 18.3 Å². The van der Waals surface area contributed by atoms with Crippen molar-refractivity contribution in [3.05, 3.63) is 41.7 Å². The van der Waals surface area contributed by atoms with E-state index in [1.54, 1.807) is 19.1 Å². The molecule has 0 aliphatic heterocycles. The maximum absolute atomic E-state index is 12.3. The molecule has 1 amide bonds. The third-order valence-corrected chi connectivity index (χ3v) is 5.31. The average Bonchev–Trinajstić information content (AvgIpc) is 3.10. The summed E-state index contributed by atoms with van der Waals surface area (Å²) in [4.78, 5) is 30.1. The van der Waals surface area contributed by atoms with Crippen LogP contribution in [0.5, 0.6) is 0 Å². The number of esters is 1. The molecule has 3 N–H and O–H groups in total. The lowest BCUT2D eigenvalue weighted by atomic mass is 10.0. The van der Waals surface area contributed by atoms with Crippen LogP contribution in [0.25, 0.3) is 0 Å². The summed E-state index contributed by atoms with van der Waals surface area (Å²) in [7, 11) is -3.70. The molecule has 0 saturated heterocycles. The smallest absolute Gasteiger partial charge is 0.356 e. The number of aromatic amines is 1. The summed E-state index contributed by atoms with van der Waals surface area (Å²) in [5, 5.41) is 2.46. The summed E-state index contributed by atoms with van der Waals surface area (Å²) in [6.07, 6.45) is 1.15. The second kappa shape index (κ2) is 9.47. The molecule has 0 fully saturated rings. The predicted octanol–water partition coefficient (Wildman–Crippen LogP) is 2.02. The Kier molecular flexibility index (Phi) is 7.30. The molecule has 0 atom stereocenters. The third-order valence-electron chi connectivity index (χ3n) is 3.83. The number of H-pyrrole nitrogens is 1. The molecule has 0 radical (unpaired) electrons. The first kappa shape index (κ1) is 21.6. The van der Waals surface area contributed by atoms with Crippen molar-refractivity contribution in [3.8, 4) is 0 Å². The zero-order chi connectivity index (χ0) is 20.7. The van der Waals surface area contributed by atoms with Crippen LogP contribution in [-0.4, -0.2) is 43.4 Å². The summed E-state index contributed by atoms with van der Waals surface area (Å²) in [6.45, 7) is 5.87. The van der Waals surface area contributed by atoms with Crippen LogP contribution in [0.3, 0.4) is 0 Å². The summed E-state index contributed by atoms with van der Waals surface area (Å²) in [6, 6.07) is 6.61. The zero-order valence-electron chi connectivity index (χ0n) is 16.0. The first-order chi connectivity index (χ1) is 13.2. The molecule has 152 valence electrons. The number of hydrogen-bond acceptors (Lipinski definition) is 6. The second-order valence-corrected chi connectivity index (χ2v) is 8.05. The minimum atomic E-state index is -3.70. The topological polar surface area (TPSA) is 130 Å². The Morgan fingerprint density at radius 1 is 1.21 bits per heavy atom. The van der Waals surface area contributed by atoms with Crippen molar-refractivity contribution >= 4 is 27.8 Å². The van der Waals surface area contributed by atoms with E-state index in [4.69, 9.17) is 4.74 Å². The SMILES string of the molecule is CCOC(=O)c1cnc(NC(=O)CCNS(=O)(=O)c2ccc(C(C)C)cc2)[nH]1. The molecule has 0 aliphatic rings. The van der Waals surface area contributed by atoms with Crippen molar-refractivity contribution in [1.82, 2.24) is 14.7 Å². The number of carbonyl (C=O) groups is 2. The highest BCUT2D eigenvalue weighted by Crippen LogP contribution is 2.17. The maximum atomic E-state index is 12.3. The lowest BCUT2D eigenvalue weighted by Gasteiger charge is -2.09. The Balaban J connectivity index is 1.85. The normalized spacial score (nSPS) is 11.4. The Bertz CT molecular complexity index is 920. The summed E-state index contributed by atoms with van der Waals surface area (Å²) in [5.74, 6) is -0.645. The number of carbonyl (C=O) groups excluding carboxylic acids is 2. The van der Waals surface area contributed by atoms with Gasteiger partial charge in [0, 0.05) is 13.0 Å². The lowest BCUT2D eigenvalue weighted by Crippen LogP contribution is -2.28. The van der Waals surface area contributed by atoms with Crippen LogP contribution < -0.4 is 10.0 Å². The van der Waals surface area contributed by atoms with Gasteiger partial charge in [-0.25, -0.2) is 22.9 Å². The fourth-order valence-electron chi connectivity index (χ4n) is 2.31. The van der Waals surface area contributed by atoms with E-state index in [1.807, 2.05) is 13.8 Å². The van der Waals surface area contributed by atoms with Gasteiger partial charge in [0.25, 0.3) is 0 Å². The number of aromatic nitrogens is 2. The summed E-state index contributed by atoms with van der Waals surface area (Å²) >= 11 is 0. The standard InChI is InChI=1S/C18H24N4O5S/c1-4-27-17(24)15-11-19-18(21-15)22-16(23)9-10-20-28(25,26)14-7-5-13(6-8-14)12(2)3/h5-8,11-12,20H,4,9-10H2,1-3H3,(H2,19,21,22,23). The molecule has 0 aliphatic carbocycles. The Morgan fingerprint density at radius 2 is 1.89 bits per heavy atom. The van der Waals surface area contributed by atoms with Crippen LogP contribution in [0, 0.1) is 0 Å². The Morgan fingerprint density at radius 3 is 2.50 bits per heavy atom. The minimum absolute atomic E-state index is 0.0778. The van der Waals surface area contributed by atoms with Crippen LogP contribution >= 0.6 is 0 Å². The molecule has 2 rings (SSSR count). The summed E-state index contributed by atoms with van der Waals surface area (Å²) < 4.78 is 31.8. The number of anilines is 1. The molecular weight excluding hydrogens is 384 g/mol. The number of sulfonamides is 1. The van der Waals surface area contributed by atoms with Gasteiger partial charge < -0.3 is 9.72 Å². The fourth-order valence-corrected chi connectivity index (χ4v) is 3.34. The maximum Gasteiger partial charge on any atom is 0.356 e. The van der Waals surface area contributed by atoms with E-state index in [0.717, 1.165) is 5.56 Å². The van der Waals surface area contributed by atoms with Crippen molar-refractivity contribution < 1.29 is 22.7 Å². The van der Waals surface area contributed by atoms with Crippen LogP contribution in [0.4, 0.5) is 5.95 Å². The molecule has 0 bridgehead atoms. The minimum Gasteiger partial charge on any atom is -0.461 e. The second-order valence-electron chi connectivity index (χ2n) is 6.29. The Hall–Kier alpha value is -2.72. The van der Waals surface area contributed by atoms with Gasteiger partial charge in [-0.05, 0) is 30.5 Å². The lowest BCUT2D eigenvalue weighted by molar-refractivity contribution is -0.116. The first-order valence-electron chi connectivity index (χ1n) is 8.84. The van der Waals surface area contributed by atoms with Gasteiger partial charge in [-0.3, -0.25) is 10.1 Å². The molecule has 0 saturated carbocycles. The molecule has 10 heteroatoms. The predicted molar refractivity (Wildman–Crippen MR) is 104 cm³/mol. The van der Waals surface area contributed by atoms with E-state index < -0.39 is 21.9 Å². The molecule has 9 nitrogen and oxygen atoms in total. The fraction of sp³-hybridized carbons (Fsp3) is 0.389. The highest BCUT2D eigenvalue weighted by Gasteiger charge is 2.16. The number of imidazole rings is 1. The third kappa shape index (κ3) is 5.89. The van der Waals surface area contributed by atoms with Gasteiger partial charge in [0.05, 0.1) is 17.7 Å². The van der Waals surface area contributed by atoms with E-state index in [0.29, 0.717) is 5.92 Å². The number of ether oxygens (including phenoxy) is 1. The van der Waals surface area contributed by atoms with Gasteiger partial charge in [0.1, 0.15) is 5.69 Å². The summed E-state index contributed by atoms with van der Waals surface area (Å²) in [5.41, 5.74) is 1.15. The van der Waals surface area contributed by atoms with Crippen LogP contribution in [-0.2, 0) is 19.6 Å².